The van der Waals surface area contributed by atoms with E-state index in [4.69, 9.17) is 19.4 Å². The van der Waals surface area contributed by atoms with E-state index in [1.54, 1.807) is 10.7 Å². The number of halogens is 2. The quantitative estimate of drug-likeness (QED) is 0.506. The summed E-state index contributed by atoms with van der Waals surface area (Å²) in [6, 6.07) is 4.85. The summed E-state index contributed by atoms with van der Waals surface area (Å²) in [5.41, 5.74) is 1.54. The van der Waals surface area contributed by atoms with E-state index in [2.05, 4.69) is 5.32 Å². The minimum atomic E-state index is -2.01. The van der Waals surface area contributed by atoms with Gasteiger partial charge in [-0.1, -0.05) is 0 Å². The van der Waals surface area contributed by atoms with E-state index >= 15 is 0 Å². The molecule has 0 spiro atoms. The van der Waals surface area contributed by atoms with Gasteiger partial charge in [0.2, 0.25) is 0 Å². The molecular formula is C10H12Cl2N2O2Ru. The van der Waals surface area contributed by atoms with Crippen molar-refractivity contribution in [3.8, 4) is 0 Å². The zero-order chi connectivity index (χ0) is 13.0. The predicted octanol–water partition coefficient (Wildman–Crippen LogP) is 3.49. The van der Waals surface area contributed by atoms with Gasteiger partial charge >= 0.3 is 113 Å². The van der Waals surface area contributed by atoms with Gasteiger partial charge in [-0.3, -0.25) is 0 Å². The van der Waals surface area contributed by atoms with Crippen LogP contribution in [0.1, 0.15) is 19.4 Å². The standard InChI is InChI=1S/C10H12N2O2.2ClH.Ru/c1-7(2)11-10-5-4-9(12(13)14)6-8(10)3;;;/h3-7,11H,1-2H3;2*1H;/q;;;+2/p-2. The van der Waals surface area contributed by atoms with E-state index in [9.17, 15) is 10.1 Å². The Labute approximate surface area is 113 Å². The van der Waals surface area contributed by atoms with E-state index in [0.29, 0.717) is 5.56 Å². The monoisotopic (exact) mass is 364 g/mol. The molecule has 1 aromatic rings. The molecule has 0 aliphatic carbocycles. The molecule has 0 aliphatic rings. The first-order chi connectivity index (χ1) is 7.90. The van der Waals surface area contributed by atoms with Crippen molar-refractivity contribution in [3.05, 3.63) is 33.9 Å². The molecule has 0 heterocycles. The van der Waals surface area contributed by atoms with Crippen LogP contribution < -0.4 is 5.32 Å². The number of hydrogen-bond donors (Lipinski definition) is 1. The molecule has 1 rings (SSSR count). The average molecular weight is 364 g/mol. The molecule has 96 valence electrons. The number of nitrogens with one attached hydrogen (secondary N) is 1. The Balaban J connectivity index is 3.21. The van der Waals surface area contributed by atoms with Gasteiger partial charge in [0.1, 0.15) is 0 Å². The van der Waals surface area contributed by atoms with Gasteiger partial charge in [-0.25, -0.2) is 0 Å². The number of nitro groups is 1. The van der Waals surface area contributed by atoms with Crippen LogP contribution in [0.15, 0.2) is 18.2 Å². The summed E-state index contributed by atoms with van der Waals surface area (Å²) < 4.78 is 1.70. The van der Waals surface area contributed by atoms with Crippen LogP contribution in [0.2, 0.25) is 0 Å². The van der Waals surface area contributed by atoms with Crippen LogP contribution in [-0.4, -0.2) is 15.6 Å². The number of nitrogens with zero attached hydrogens (tertiary/aromatic N) is 1. The maximum atomic E-state index is 10.7. The summed E-state index contributed by atoms with van der Waals surface area (Å²) in [5, 5.41) is 13.9. The fourth-order valence-corrected chi connectivity index (χ4v) is 3.08. The molecular weight excluding hydrogens is 352 g/mol. The first-order valence-corrected chi connectivity index (χ1v) is 10.3. The van der Waals surface area contributed by atoms with E-state index in [1.807, 2.05) is 13.8 Å². The Morgan fingerprint density at radius 2 is 2.12 bits per heavy atom. The number of hydrogen-bond acceptors (Lipinski definition) is 3. The van der Waals surface area contributed by atoms with Crippen LogP contribution in [0.4, 0.5) is 11.4 Å². The molecule has 7 heteroatoms. The van der Waals surface area contributed by atoms with Crippen molar-refractivity contribution in [1.82, 2.24) is 0 Å². The molecule has 1 aromatic carbocycles. The van der Waals surface area contributed by atoms with Gasteiger partial charge in [-0.05, 0) is 0 Å². The van der Waals surface area contributed by atoms with Crippen molar-refractivity contribution in [2.45, 2.75) is 19.9 Å². The molecule has 0 unspecified atom stereocenters. The van der Waals surface area contributed by atoms with Crippen LogP contribution in [0, 0.1) is 10.1 Å². The summed E-state index contributed by atoms with van der Waals surface area (Å²) >= 11 is -2.01. The third kappa shape index (κ3) is 4.70. The summed E-state index contributed by atoms with van der Waals surface area (Å²) in [4.78, 5) is 10.3. The molecule has 0 amide bonds. The second kappa shape index (κ2) is 6.43. The fourth-order valence-electron chi connectivity index (χ4n) is 1.27. The summed E-state index contributed by atoms with van der Waals surface area (Å²) in [6.45, 7) is 3.98. The molecule has 0 bridgehead atoms. The van der Waals surface area contributed by atoms with Gasteiger partial charge in [0, 0.05) is 0 Å². The second-order valence-corrected chi connectivity index (χ2v) is 9.36. The van der Waals surface area contributed by atoms with Crippen molar-refractivity contribution in [3.63, 3.8) is 0 Å². The maximum absolute atomic E-state index is 10.7. The molecule has 4 nitrogen and oxygen atoms in total. The van der Waals surface area contributed by atoms with Crippen molar-refractivity contribution in [2.75, 3.05) is 5.32 Å². The SMILES string of the molecule is CC(C)Nc1ccc([N+](=O)[O-])cc1[CH]=[Ru]([Cl])[Cl]. The Kier molecular flexibility index (Phi) is 5.51. The molecule has 0 saturated carbocycles. The minimum absolute atomic E-state index is 0.0364. The normalized spacial score (nSPS) is 11.2. The van der Waals surface area contributed by atoms with Crippen LogP contribution in [0.25, 0.3) is 0 Å². The van der Waals surface area contributed by atoms with E-state index < -0.39 is 18.4 Å². The number of anilines is 1. The zero-order valence-electron chi connectivity index (χ0n) is 9.26. The van der Waals surface area contributed by atoms with Crippen molar-refractivity contribution >= 4 is 35.4 Å². The average Bonchev–Trinajstić information content (AvgIpc) is 2.18. The Morgan fingerprint density at radius 3 is 2.59 bits per heavy atom. The third-order valence-electron chi connectivity index (χ3n) is 1.88. The first-order valence-electron chi connectivity index (χ1n) is 4.78. The van der Waals surface area contributed by atoms with Crippen molar-refractivity contribution in [2.24, 2.45) is 0 Å². The van der Waals surface area contributed by atoms with Gasteiger partial charge in [-0.2, -0.15) is 0 Å². The number of non-ortho nitro benzene ring substituents is 1. The van der Waals surface area contributed by atoms with Gasteiger partial charge in [0.25, 0.3) is 0 Å². The predicted molar refractivity (Wildman–Crippen MR) is 68.7 cm³/mol. The van der Waals surface area contributed by atoms with Gasteiger partial charge in [0.05, 0.1) is 0 Å². The fraction of sp³-hybridized carbons (Fsp3) is 0.300. The van der Waals surface area contributed by atoms with E-state index in [-0.39, 0.29) is 11.7 Å². The second-order valence-electron chi connectivity index (χ2n) is 3.63. The molecule has 1 N–H and O–H groups in total. The van der Waals surface area contributed by atoms with Crippen LogP contribution in [-0.2, 0) is 13.5 Å². The molecule has 0 aromatic heterocycles. The summed E-state index contributed by atoms with van der Waals surface area (Å²) in [7, 11) is 11.6. The van der Waals surface area contributed by atoms with Gasteiger partial charge in [-0.15, -0.1) is 0 Å². The van der Waals surface area contributed by atoms with Gasteiger partial charge in [0.15, 0.2) is 0 Å². The zero-order valence-corrected chi connectivity index (χ0v) is 12.5. The molecule has 17 heavy (non-hydrogen) atoms. The Hall–Kier alpha value is -0.507. The topological polar surface area (TPSA) is 55.2 Å². The van der Waals surface area contributed by atoms with Crippen LogP contribution in [0.5, 0.6) is 0 Å². The Morgan fingerprint density at radius 1 is 1.47 bits per heavy atom. The molecule has 0 saturated heterocycles. The van der Waals surface area contributed by atoms with Gasteiger partial charge < -0.3 is 0 Å². The number of rotatable bonds is 4. The van der Waals surface area contributed by atoms with Crippen LogP contribution in [0.3, 0.4) is 0 Å². The third-order valence-corrected chi connectivity index (χ3v) is 3.71. The summed E-state index contributed by atoms with van der Waals surface area (Å²) in [5.74, 6) is 0. The summed E-state index contributed by atoms with van der Waals surface area (Å²) in [6.07, 6.45) is 0. The number of nitro benzene ring substituents is 1. The van der Waals surface area contributed by atoms with Crippen molar-refractivity contribution < 1.29 is 18.4 Å². The van der Waals surface area contributed by atoms with Crippen LogP contribution >= 0.6 is 19.4 Å². The molecule has 0 radical (unpaired) electrons. The van der Waals surface area contributed by atoms with E-state index in [1.165, 1.54) is 12.1 Å². The molecule has 0 atom stereocenters. The molecule has 0 fully saturated rings. The number of benzene rings is 1. The van der Waals surface area contributed by atoms with Crippen molar-refractivity contribution in [1.29, 1.82) is 0 Å². The first kappa shape index (κ1) is 14.6. The van der Waals surface area contributed by atoms with E-state index in [0.717, 1.165) is 5.69 Å². The molecule has 0 aliphatic heterocycles. The Bertz CT molecular complexity index is 460.